The van der Waals surface area contributed by atoms with Crippen LogP contribution in [0.5, 0.6) is 0 Å². The molecule has 92 valence electrons. The number of halogens is 1. The zero-order chi connectivity index (χ0) is 12.4. The van der Waals surface area contributed by atoms with Crippen LogP contribution in [-0.4, -0.2) is 11.6 Å². The summed E-state index contributed by atoms with van der Waals surface area (Å²) >= 11 is 5.77. The van der Waals surface area contributed by atoms with Gasteiger partial charge >= 0.3 is 0 Å². The minimum absolute atomic E-state index is 0.165. The first-order valence-electron chi connectivity index (χ1n) is 5.86. The lowest BCUT2D eigenvalue weighted by molar-refractivity contribution is 0.0970. The van der Waals surface area contributed by atoms with Gasteiger partial charge in [0.2, 0.25) is 0 Å². The number of hydrogen-bond donors (Lipinski definition) is 1. The Hall–Kier alpha value is -1.58. The maximum absolute atomic E-state index is 5.77. The summed E-state index contributed by atoms with van der Waals surface area (Å²) in [5.74, 6) is 0. The molecule has 18 heavy (non-hydrogen) atoms. The molecule has 0 bridgehead atoms. The van der Waals surface area contributed by atoms with E-state index in [1.54, 1.807) is 12.3 Å². The van der Waals surface area contributed by atoms with E-state index in [1.807, 2.05) is 12.1 Å². The monoisotopic (exact) mass is 260 g/mol. The molecule has 0 fully saturated rings. The van der Waals surface area contributed by atoms with E-state index >= 15 is 0 Å². The summed E-state index contributed by atoms with van der Waals surface area (Å²) in [5, 5.41) is 3.92. The molecule has 1 aliphatic rings. The van der Waals surface area contributed by atoms with Crippen LogP contribution in [-0.2, 0) is 11.3 Å². The Morgan fingerprint density at radius 3 is 2.94 bits per heavy atom. The Labute approximate surface area is 111 Å². The van der Waals surface area contributed by atoms with Gasteiger partial charge in [-0.2, -0.15) is 0 Å². The lowest BCUT2D eigenvalue weighted by atomic mass is 9.99. The van der Waals surface area contributed by atoms with Crippen LogP contribution in [0.1, 0.15) is 17.2 Å². The van der Waals surface area contributed by atoms with E-state index in [1.165, 1.54) is 11.1 Å². The van der Waals surface area contributed by atoms with Crippen molar-refractivity contribution >= 4 is 17.3 Å². The number of ether oxygens (including phenoxy) is 1. The largest absolute Gasteiger partial charge is 0.375 e. The maximum atomic E-state index is 5.77. The van der Waals surface area contributed by atoms with E-state index in [4.69, 9.17) is 16.3 Å². The van der Waals surface area contributed by atoms with E-state index in [9.17, 15) is 0 Å². The van der Waals surface area contributed by atoms with Crippen LogP contribution in [0.25, 0.3) is 0 Å². The van der Waals surface area contributed by atoms with Crippen molar-refractivity contribution in [2.45, 2.75) is 12.6 Å². The molecule has 1 N–H and O–H groups in total. The summed E-state index contributed by atoms with van der Waals surface area (Å²) in [6.45, 7) is 1.35. The van der Waals surface area contributed by atoms with Gasteiger partial charge in [0, 0.05) is 0 Å². The summed E-state index contributed by atoms with van der Waals surface area (Å²) < 4.78 is 5.60. The summed E-state index contributed by atoms with van der Waals surface area (Å²) in [6, 6.07) is 12.2. The minimum Gasteiger partial charge on any atom is -0.375 e. The molecule has 0 saturated carbocycles. The highest BCUT2D eigenvalue weighted by atomic mass is 35.5. The minimum atomic E-state index is 0.165. The van der Waals surface area contributed by atoms with Gasteiger partial charge in [0.25, 0.3) is 0 Å². The Kier molecular flexibility index (Phi) is 3.17. The van der Waals surface area contributed by atoms with Gasteiger partial charge in [0.05, 0.1) is 31.1 Å². The van der Waals surface area contributed by atoms with E-state index in [0.717, 1.165) is 5.69 Å². The summed E-state index contributed by atoms with van der Waals surface area (Å²) in [4.78, 5) is 4.06. The third kappa shape index (κ3) is 2.33. The average Bonchev–Trinajstić information content (AvgIpc) is 2.42. The van der Waals surface area contributed by atoms with Crippen molar-refractivity contribution in [1.82, 2.24) is 4.98 Å². The highest BCUT2D eigenvalue weighted by Gasteiger charge is 2.19. The first kappa shape index (κ1) is 11.5. The number of benzene rings is 1. The summed E-state index contributed by atoms with van der Waals surface area (Å²) in [6.07, 6.45) is 1.74. The van der Waals surface area contributed by atoms with Gasteiger partial charge in [-0.05, 0) is 23.3 Å². The number of nitrogens with one attached hydrogen (secondary N) is 1. The van der Waals surface area contributed by atoms with Gasteiger partial charge in [-0.25, -0.2) is 4.98 Å². The van der Waals surface area contributed by atoms with Gasteiger partial charge in [-0.1, -0.05) is 35.9 Å². The first-order valence-corrected chi connectivity index (χ1v) is 6.24. The molecule has 2 aromatic rings. The molecule has 1 aromatic carbocycles. The van der Waals surface area contributed by atoms with Gasteiger partial charge in [-0.3, -0.25) is 0 Å². The van der Waals surface area contributed by atoms with Crippen molar-refractivity contribution < 1.29 is 4.74 Å². The Balaban J connectivity index is 1.84. The van der Waals surface area contributed by atoms with Crippen molar-refractivity contribution in [2.24, 2.45) is 0 Å². The van der Waals surface area contributed by atoms with Crippen molar-refractivity contribution in [3.8, 4) is 0 Å². The van der Waals surface area contributed by atoms with Crippen LogP contribution >= 0.6 is 11.6 Å². The van der Waals surface area contributed by atoms with Crippen LogP contribution in [0.15, 0.2) is 42.6 Å². The number of hydrogen-bond acceptors (Lipinski definition) is 3. The second kappa shape index (κ2) is 4.96. The van der Waals surface area contributed by atoms with Crippen molar-refractivity contribution in [3.05, 3.63) is 58.9 Å². The maximum Gasteiger partial charge on any atom is 0.129 e. The number of pyridine rings is 1. The number of fused-ring (bicyclic) bond motifs is 1. The molecule has 1 atom stereocenters. The van der Waals surface area contributed by atoms with Crippen molar-refractivity contribution in [1.29, 1.82) is 0 Å². The van der Waals surface area contributed by atoms with Gasteiger partial charge in [-0.15, -0.1) is 0 Å². The molecule has 3 nitrogen and oxygen atoms in total. The Bertz CT molecular complexity index is 542. The van der Waals surface area contributed by atoms with Crippen molar-refractivity contribution in [3.63, 3.8) is 0 Å². The lowest BCUT2D eigenvalue weighted by Crippen LogP contribution is -2.23. The standard InChI is InChI=1S/C14H13ClN2O/c15-14-6-5-11(7-16-14)17-13-9-18-8-10-3-1-2-4-12(10)13/h1-7,13,17H,8-9H2. The number of anilines is 1. The topological polar surface area (TPSA) is 34.1 Å². The molecule has 1 aliphatic heterocycles. The van der Waals surface area contributed by atoms with Crippen LogP contribution in [0.3, 0.4) is 0 Å². The zero-order valence-corrected chi connectivity index (χ0v) is 10.5. The highest BCUT2D eigenvalue weighted by molar-refractivity contribution is 6.29. The fourth-order valence-corrected chi connectivity index (χ4v) is 2.28. The quantitative estimate of drug-likeness (QED) is 0.840. The van der Waals surface area contributed by atoms with Crippen LogP contribution < -0.4 is 5.32 Å². The van der Waals surface area contributed by atoms with Crippen LogP contribution in [0, 0.1) is 0 Å². The molecule has 0 spiro atoms. The summed E-state index contributed by atoms with van der Waals surface area (Å²) in [5.41, 5.74) is 3.48. The van der Waals surface area contributed by atoms with Crippen LogP contribution in [0.2, 0.25) is 5.15 Å². The van der Waals surface area contributed by atoms with E-state index < -0.39 is 0 Å². The zero-order valence-electron chi connectivity index (χ0n) is 9.77. The van der Waals surface area contributed by atoms with Crippen LogP contribution in [0.4, 0.5) is 5.69 Å². The molecule has 4 heteroatoms. The van der Waals surface area contributed by atoms with Crippen molar-refractivity contribution in [2.75, 3.05) is 11.9 Å². The third-order valence-corrected chi connectivity index (χ3v) is 3.26. The highest BCUT2D eigenvalue weighted by Crippen LogP contribution is 2.27. The Morgan fingerprint density at radius 2 is 2.11 bits per heavy atom. The second-order valence-corrected chi connectivity index (χ2v) is 4.67. The molecule has 0 radical (unpaired) electrons. The average molecular weight is 261 g/mol. The van der Waals surface area contributed by atoms with Gasteiger partial charge in [0.15, 0.2) is 0 Å². The fourth-order valence-electron chi connectivity index (χ4n) is 2.16. The molecular formula is C14H13ClN2O. The third-order valence-electron chi connectivity index (χ3n) is 3.04. The Morgan fingerprint density at radius 1 is 1.22 bits per heavy atom. The number of rotatable bonds is 2. The molecule has 3 rings (SSSR count). The molecule has 1 aromatic heterocycles. The predicted molar refractivity (Wildman–Crippen MR) is 71.7 cm³/mol. The van der Waals surface area contributed by atoms with Gasteiger partial charge in [0.1, 0.15) is 5.15 Å². The number of nitrogens with zero attached hydrogens (tertiary/aromatic N) is 1. The fraction of sp³-hybridized carbons (Fsp3) is 0.214. The van der Waals surface area contributed by atoms with E-state index in [2.05, 4.69) is 28.5 Å². The summed E-state index contributed by atoms with van der Waals surface area (Å²) in [7, 11) is 0. The smallest absolute Gasteiger partial charge is 0.129 e. The number of aromatic nitrogens is 1. The molecule has 0 amide bonds. The molecule has 0 saturated heterocycles. The lowest BCUT2D eigenvalue weighted by Gasteiger charge is -2.27. The predicted octanol–water partition coefficient (Wildman–Crippen LogP) is 3.42. The second-order valence-electron chi connectivity index (χ2n) is 4.28. The molecule has 0 aliphatic carbocycles. The van der Waals surface area contributed by atoms with E-state index in [0.29, 0.717) is 18.4 Å². The molecular weight excluding hydrogens is 248 g/mol. The first-order chi connectivity index (χ1) is 8.83. The van der Waals surface area contributed by atoms with E-state index in [-0.39, 0.29) is 6.04 Å². The van der Waals surface area contributed by atoms with Gasteiger partial charge < -0.3 is 10.1 Å². The molecule has 1 unspecified atom stereocenters. The SMILES string of the molecule is Clc1ccc(NC2COCc3ccccc32)cn1. The normalized spacial score (nSPS) is 18.2. The molecule has 2 heterocycles.